The van der Waals surface area contributed by atoms with Gasteiger partial charge in [0, 0.05) is 38.9 Å². The Kier molecular flexibility index (Phi) is 13.6. The van der Waals surface area contributed by atoms with Crippen LogP contribution >= 0.6 is 0 Å². The summed E-state index contributed by atoms with van der Waals surface area (Å²) in [5.41, 5.74) is 14.0. The van der Waals surface area contributed by atoms with Gasteiger partial charge in [0.1, 0.15) is 0 Å². The molecule has 2 aromatic carbocycles. The van der Waals surface area contributed by atoms with Gasteiger partial charge in [0.2, 0.25) is 5.91 Å². The van der Waals surface area contributed by atoms with Gasteiger partial charge in [-0.2, -0.15) is 33.9 Å². The van der Waals surface area contributed by atoms with E-state index in [1.165, 1.54) is 55.6 Å². The molecule has 1 N–H and O–H groups in total. The Labute approximate surface area is 253 Å². The van der Waals surface area contributed by atoms with Gasteiger partial charge in [-0.3, -0.25) is 9.69 Å². The zero-order valence-corrected chi connectivity index (χ0v) is 29.4. The van der Waals surface area contributed by atoms with Crippen molar-refractivity contribution >= 4 is 11.6 Å². The largest absolute Gasteiger partial charge is 2.00 e. The third kappa shape index (κ3) is 8.25. The van der Waals surface area contributed by atoms with Crippen molar-refractivity contribution in [2.75, 3.05) is 44.7 Å². The van der Waals surface area contributed by atoms with Gasteiger partial charge in [0.15, 0.2) is 0 Å². The van der Waals surface area contributed by atoms with E-state index in [0.717, 1.165) is 31.9 Å². The first-order valence-electron chi connectivity index (χ1n) is 13.9. The van der Waals surface area contributed by atoms with E-state index in [2.05, 4.69) is 92.0 Å². The number of carbonyl (C=O) groups is 1. The Hall–Kier alpha value is -1.52. The zero-order chi connectivity index (χ0) is 29.1. The smallest absolute Gasteiger partial charge is 0.424 e. The quantitative estimate of drug-likeness (QED) is 0.423. The third-order valence-electron chi connectivity index (χ3n) is 9.03. The van der Waals surface area contributed by atoms with E-state index in [-0.39, 0.29) is 33.0 Å². The Morgan fingerprint density at radius 1 is 0.795 bits per heavy atom. The molecule has 0 aromatic heterocycles. The fraction of sp³-hybridized carbons (Fsp3) is 0.576. The SMILES string of the molecule is Cc1[c-]c(C)c(C)c(C)c1C.[CH2-]C(O)CN1CCN(C(C)C(=O)N(C)c2c(C)c(C)c(C)c(C)c2C)CC1.[W+2]. The summed E-state index contributed by atoms with van der Waals surface area (Å²) >= 11 is 0. The van der Waals surface area contributed by atoms with Crippen LogP contribution in [-0.4, -0.2) is 72.7 Å². The van der Waals surface area contributed by atoms with Crippen molar-refractivity contribution in [3.63, 3.8) is 0 Å². The minimum Gasteiger partial charge on any atom is -0.424 e. The molecule has 2 unspecified atom stereocenters. The van der Waals surface area contributed by atoms with Crippen LogP contribution in [0.4, 0.5) is 5.69 Å². The molecule has 5 nitrogen and oxygen atoms in total. The van der Waals surface area contributed by atoms with Crippen LogP contribution in [0.1, 0.15) is 62.6 Å². The number of likely N-dealkylation sites (N-methyl/N-ethyl adjacent to an activating group) is 1. The first-order chi connectivity index (χ1) is 17.6. The molecule has 1 aliphatic heterocycles. The van der Waals surface area contributed by atoms with Gasteiger partial charge in [0.25, 0.3) is 0 Å². The molecular formula is C33H51N3O2W. The normalized spacial score (nSPS) is 15.6. The molecule has 2 atom stereocenters. The van der Waals surface area contributed by atoms with Gasteiger partial charge < -0.3 is 21.8 Å². The molecule has 1 fully saturated rings. The van der Waals surface area contributed by atoms with Crippen LogP contribution < -0.4 is 4.90 Å². The number of benzene rings is 2. The van der Waals surface area contributed by atoms with Gasteiger partial charge in [0.05, 0.1) is 6.04 Å². The second kappa shape index (κ2) is 14.9. The predicted octanol–water partition coefficient (Wildman–Crippen LogP) is 5.42. The molecule has 3 rings (SSSR count). The first-order valence-corrected chi connectivity index (χ1v) is 13.9. The van der Waals surface area contributed by atoms with Crippen molar-refractivity contribution in [3.05, 3.63) is 68.6 Å². The Morgan fingerprint density at radius 3 is 1.59 bits per heavy atom. The molecular weight excluding hydrogens is 654 g/mol. The summed E-state index contributed by atoms with van der Waals surface area (Å²) in [4.78, 5) is 19.5. The summed E-state index contributed by atoms with van der Waals surface area (Å²) in [6.07, 6.45) is -0.555. The van der Waals surface area contributed by atoms with E-state index >= 15 is 0 Å². The molecule has 39 heavy (non-hydrogen) atoms. The number of nitrogens with zero attached hydrogens (tertiary/aromatic N) is 3. The monoisotopic (exact) mass is 705 g/mol. The Morgan fingerprint density at radius 2 is 1.18 bits per heavy atom. The minimum absolute atomic E-state index is 0. The molecule has 0 saturated carbocycles. The fourth-order valence-corrected chi connectivity index (χ4v) is 5.47. The van der Waals surface area contributed by atoms with Crippen LogP contribution in [0.25, 0.3) is 0 Å². The molecule has 0 spiro atoms. The Bertz CT molecular complexity index is 1100. The standard InChI is InChI=1S/C22H36N3O2.C11H15.W/c1-14(26)13-24-9-11-25(12-10-24)20(7)22(27)23(8)21-18(5)16(3)15(2)17(4)19(21)6;1-7-6-8(2)10(4)11(5)9(7)3;/h14,20,26H,1,9-13H2,2-8H3;1-5H3;/q2*-1;+2. The van der Waals surface area contributed by atoms with Crippen LogP contribution in [-0.2, 0) is 25.9 Å². The van der Waals surface area contributed by atoms with Crippen LogP contribution in [0, 0.1) is 82.2 Å². The summed E-state index contributed by atoms with van der Waals surface area (Å²) in [5, 5.41) is 9.46. The zero-order valence-electron chi connectivity index (χ0n) is 26.5. The van der Waals surface area contributed by atoms with E-state index in [1.54, 1.807) is 0 Å². The van der Waals surface area contributed by atoms with Crippen molar-refractivity contribution in [1.82, 2.24) is 9.80 Å². The van der Waals surface area contributed by atoms with Gasteiger partial charge in [-0.05, 0) is 75.9 Å². The average molecular weight is 706 g/mol. The fourth-order valence-electron chi connectivity index (χ4n) is 5.47. The Balaban J connectivity index is 0.000000532. The number of anilines is 1. The van der Waals surface area contributed by atoms with Crippen molar-refractivity contribution in [2.24, 2.45) is 0 Å². The van der Waals surface area contributed by atoms with E-state index in [4.69, 9.17) is 0 Å². The molecule has 6 heteroatoms. The molecule has 0 bridgehead atoms. The van der Waals surface area contributed by atoms with E-state index in [9.17, 15) is 9.90 Å². The molecule has 0 aliphatic carbocycles. The molecule has 1 aliphatic rings. The van der Waals surface area contributed by atoms with E-state index in [1.807, 2.05) is 18.9 Å². The van der Waals surface area contributed by atoms with Crippen LogP contribution in [0.15, 0.2) is 0 Å². The summed E-state index contributed by atoms with van der Waals surface area (Å²) in [5.74, 6) is 0.134. The average Bonchev–Trinajstić information content (AvgIpc) is 2.88. The second-order valence-electron chi connectivity index (χ2n) is 11.3. The molecule has 1 saturated heterocycles. The topological polar surface area (TPSA) is 47.0 Å². The van der Waals surface area contributed by atoms with Gasteiger partial charge in [-0.1, -0.05) is 40.7 Å². The number of piperazine rings is 1. The predicted molar refractivity (Wildman–Crippen MR) is 161 cm³/mol. The number of aliphatic hydroxyl groups excluding tert-OH is 1. The van der Waals surface area contributed by atoms with Crippen LogP contribution in [0.5, 0.6) is 0 Å². The molecule has 216 valence electrons. The van der Waals surface area contributed by atoms with E-state index < -0.39 is 6.10 Å². The maximum atomic E-state index is 13.2. The van der Waals surface area contributed by atoms with Gasteiger partial charge in [-0.15, -0.1) is 0 Å². The number of amides is 1. The second-order valence-corrected chi connectivity index (χ2v) is 11.3. The van der Waals surface area contributed by atoms with Gasteiger partial charge >= 0.3 is 21.1 Å². The molecule has 0 radical (unpaired) electrons. The molecule has 1 heterocycles. The van der Waals surface area contributed by atoms with E-state index in [0.29, 0.717) is 6.54 Å². The maximum Gasteiger partial charge on any atom is 2.00 e. The number of aliphatic hydroxyl groups is 1. The minimum atomic E-state index is -0.555. The van der Waals surface area contributed by atoms with Gasteiger partial charge in [-0.25, -0.2) is 0 Å². The summed E-state index contributed by atoms with van der Waals surface area (Å²) < 4.78 is 0. The number of aryl methyl sites for hydroxylation is 2. The van der Waals surface area contributed by atoms with Crippen molar-refractivity contribution in [1.29, 1.82) is 0 Å². The third-order valence-corrected chi connectivity index (χ3v) is 9.03. The van der Waals surface area contributed by atoms with Crippen LogP contribution in [0.2, 0.25) is 0 Å². The number of hydrogen-bond acceptors (Lipinski definition) is 4. The van der Waals surface area contributed by atoms with Crippen molar-refractivity contribution in [2.45, 2.75) is 88.3 Å². The first kappa shape index (κ1) is 35.5. The summed E-state index contributed by atoms with van der Waals surface area (Å²) in [6.45, 7) is 31.0. The number of rotatable bonds is 5. The van der Waals surface area contributed by atoms with Crippen LogP contribution in [0.3, 0.4) is 0 Å². The van der Waals surface area contributed by atoms with Crippen molar-refractivity contribution in [3.8, 4) is 0 Å². The van der Waals surface area contributed by atoms with Crippen molar-refractivity contribution < 1.29 is 31.0 Å². The molecule has 1 amide bonds. The maximum absolute atomic E-state index is 13.2. The molecule has 2 aromatic rings. The summed E-state index contributed by atoms with van der Waals surface area (Å²) in [7, 11) is 1.90. The number of carbonyl (C=O) groups excluding carboxylic acids is 1. The summed E-state index contributed by atoms with van der Waals surface area (Å²) in [6, 6.07) is 3.18. The number of β-amino-alcohol motifs (C(OH)–C–C–N with tert-alkyl or cyclic N) is 1. The number of hydrogen-bond donors (Lipinski definition) is 1.